The number of nitrogens with one attached hydrogen (secondary N) is 1. The molecule has 0 spiro atoms. The molecule has 6 nitrogen and oxygen atoms in total. The fourth-order valence-corrected chi connectivity index (χ4v) is 3.28. The Morgan fingerprint density at radius 2 is 1.71 bits per heavy atom. The first-order valence-electron chi connectivity index (χ1n) is 10.6. The Hall–Kier alpha value is -4.21. The van der Waals surface area contributed by atoms with Crippen LogP contribution in [0.4, 0.5) is 23.2 Å². The lowest BCUT2D eigenvalue weighted by molar-refractivity contribution is -0.137. The first-order valence-corrected chi connectivity index (χ1v) is 10.6. The van der Waals surface area contributed by atoms with Crippen molar-refractivity contribution in [3.8, 4) is 23.1 Å². The van der Waals surface area contributed by atoms with E-state index in [1.165, 1.54) is 35.0 Å². The molecule has 4 rings (SSSR count). The zero-order valence-corrected chi connectivity index (χ0v) is 18.7. The minimum absolute atomic E-state index is 0.0455. The number of nitrogens with zero attached hydrogens (tertiary/aromatic N) is 3. The van der Waals surface area contributed by atoms with Gasteiger partial charge in [0, 0.05) is 16.8 Å². The van der Waals surface area contributed by atoms with Crippen molar-refractivity contribution in [3.63, 3.8) is 0 Å². The van der Waals surface area contributed by atoms with Gasteiger partial charge in [-0.05, 0) is 62.4 Å². The zero-order valence-electron chi connectivity index (χ0n) is 18.7. The van der Waals surface area contributed by atoms with Crippen LogP contribution in [0.3, 0.4) is 0 Å². The predicted molar refractivity (Wildman–Crippen MR) is 122 cm³/mol. The average Bonchev–Trinajstić information content (AvgIpc) is 3.22. The number of carbonyl (C=O) groups excluding carboxylic acids is 1. The van der Waals surface area contributed by atoms with Gasteiger partial charge >= 0.3 is 12.2 Å². The number of hydrogen-bond donors (Lipinski definition) is 1. The third-order valence-corrected chi connectivity index (χ3v) is 4.83. The van der Waals surface area contributed by atoms with Gasteiger partial charge in [0.25, 0.3) is 5.91 Å². The Balaban J connectivity index is 1.69. The normalized spacial score (nSPS) is 11.5. The van der Waals surface area contributed by atoms with Gasteiger partial charge in [-0.25, -0.2) is 9.07 Å². The Labute approximate surface area is 198 Å². The van der Waals surface area contributed by atoms with E-state index in [2.05, 4.69) is 15.4 Å². The van der Waals surface area contributed by atoms with E-state index in [0.29, 0.717) is 16.9 Å². The summed E-state index contributed by atoms with van der Waals surface area (Å²) < 4.78 is 59.5. The summed E-state index contributed by atoms with van der Waals surface area (Å²) in [6.07, 6.45) is -4.70. The Bertz CT molecular complexity index is 1350. The van der Waals surface area contributed by atoms with E-state index in [4.69, 9.17) is 4.74 Å². The van der Waals surface area contributed by atoms with Gasteiger partial charge in [-0.2, -0.15) is 18.2 Å². The molecule has 0 radical (unpaired) electrons. The van der Waals surface area contributed by atoms with Crippen LogP contribution in [0, 0.1) is 5.82 Å². The van der Waals surface area contributed by atoms with E-state index in [9.17, 15) is 22.4 Å². The van der Waals surface area contributed by atoms with Gasteiger partial charge in [-0.1, -0.05) is 24.3 Å². The first kappa shape index (κ1) is 23.9. The van der Waals surface area contributed by atoms with Gasteiger partial charge in [0.1, 0.15) is 5.82 Å². The Kier molecular flexibility index (Phi) is 6.54. The van der Waals surface area contributed by atoms with Crippen LogP contribution in [0.15, 0.2) is 72.8 Å². The van der Waals surface area contributed by atoms with E-state index in [1.54, 1.807) is 38.1 Å². The minimum Gasteiger partial charge on any atom is -0.460 e. The number of anilines is 1. The molecule has 0 aliphatic rings. The van der Waals surface area contributed by atoms with Crippen molar-refractivity contribution in [1.29, 1.82) is 0 Å². The van der Waals surface area contributed by atoms with Gasteiger partial charge < -0.3 is 10.1 Å². The number of hydrogen-bond acceptors (Lipinski definition) is 4. The number of aromatic nitrogens is 3. The number of rotatable bonds is 6. The van der Waals surface area contributed by atoms with Gasteiger partial charge in [0.2, 0.25) is 0 Å². The highest BCUT2D eigenvalue weighted by Gasteiger charge is 2.30. The Morgan fingerprint density at radius 1 is 1.00 bits per heavy atom. The lowest BCUT2D eigenvalue weighted by atomic mass is 10.1. The molecular formula is C25H20F4N4O2. The molecular weight excluding hydrogens is 464 g/mol. The minimum atomic E-state index is -4.47. The van der Waals surface area contributed by atoms with Crippen molar-refractivity contribution in [2.24, 2.45) is 0 Å². The van der Waals surface area contributed by atoms with Crippen molar-refractivity contribution in [2.45, 2.75) is 26.1 Å². The van der Waals surface area contributed by atoms with Crippen molar-refractivity contribution in [3.05, 3.63) is 89.7 Å². The fourth-order valence-electron chi connectivity index (χ4n) is 3.28. The highest BCUT2D eigenvalue weighted by Crippen LogP contribution is 2.32. The average molecular weight is 484 g/mol. The van der Waals surface area contributed by atoms with Crippen LogP contribution in [-0.4, -0.2) is 26.8 Å². The summed E-state index contributed by atoms with van der Waals surface area (Å²) in [5.41, 5.74) is 0.626. The summed E-state index contributed by atoms with van der Waals surface area (Å²) in [5, 5.41) is 7.05. The quantitative estimate of drug-likeness (QED) is 0.334. The molecule has 0 saturated carbocycles. The highest BCUT2D eigenvalue weighted by atomic mass is 19.4. The molecule has 35 heavy (non-hydrogen) atoms. The lowest BCUT2D eigenvalue weighted by Gasteiger charge is -2.10. The van der Waals surface area contributed by atoms with Crippen LogP contribution in [0.1, 0.15) is 29.8 Å². The lowest BCUT2D eigenvalue weighted by Crippen LogP contribution is -2.12. The van der Waals surface area contributed by atoms with E-state index in [-0.39, 0.29) is 23.5 Å². The molecule has 4 aromatic rings. The maximum atomic E-state index is 13.5. The molecule has 0 bridgehead atoms. The molecule has 0 saturated heterocycles. The summed E-state index contributed by atoms with van der Waals surface area (Å²) >= 11 is 0. The molecule has 0 aliphatic carbocycles. The zero-order chi connectivity index (χ0) is 25.2. The fraction of sp³-hybridized carbons (Fsp3) is 0.160. The number of alkyl halides is 3. The number of ether oxygens (including phenoxy) is 1. The second-order valence-electron chi connectivity index (χ2n) is 7.89. The van der Waals surface area contributed by atoms with E-state index in [0.717, 1.165) is 18.2 Å². The maximum absolute atomic E-state index is 13.5. The second-order valence-corrected chi connectivity index (χ2v) is 7.89. The molecule has 0 atom stereocenters. The van der Waals surface area contributed by atoms with Crippen molar-refractivity contribution < 1.29 is 27.1 Å². The number of carbonyl (C=O) groups is 1. The van der Waals surface area contributed by atoms with E-state index in [1.807, 2.05) is 0 Å². The maximum Gasteiger partial charge on any atom is 0.416 e. The van der Waals surface area contributed by atoms with Gasteiger partial charge in [0.15, 0.2) is 5.82 Å². The third-order valence-electron chi connectivity index (χ3n) is 4.83. The molecule has 1 heterocycles. The molecule has 180 valence electrons. The van der Waals surface area contributed by atoms with Crippen molar-refractivity contribution >= 4 is 11.6 Å². The molecule has 3 aromatic carbocycles. The number of halogens is 4. The summed E-state index contributed by atoms with van der Waals surface area (Å²) in [7, 11) is 0. The molecule has 1 aromatic heterocycles. The van der Waals surface area contributed by atoms with E-state index >= 15 is 0 Å². The van der Waals surface area contributed by atoms with Crippen LogP contribution in [0.25, 0.3) is 17.1 Å². The molecule has 10 heteroatoms. The van der Waals surface area contributed by atoms with Crippen LogP contribution in [0.2, 0.25) is 0 Å². The molecule has 0 fully saturated rings. The molecule has 1 N–H and O–H groups in total. The highest BCUT2D eigenvalue weighted by molar-refractivity contribution is 6.04. The molecule has 0 unspecified atom stereocenters. The first-order chi connectivity index (χ1) is 16.6. The summed E-state index contributed by atoms with van der Waals surface area (Å²) in [6.45, 7) is 3.59. The smallest absolute Gasteiger partial charge is 0.416 e. The standard InChI is InChI=1S/C25H20F4N4O2/c1-15(2)35-24-31-22(16-9-11-18(12-10-16)25(27,28)29)33(32-24)21-8-4-7-20(14-21)30-23(34)17-5-3-6-19(26)13-17/h3-15H,1-2H3,(H,30,34). The summed E-state index contributed by atoms with van der Waals surface area (Å²) in [4.78, 5) is 16.9. The van der Waals surface area contributed by atoms with Crippen molar-refractivity contribution in [1.82, 2.24) is 14.8 Å². The third kappa shape index (κ3) is 5.65. The van der Waals surface area contributed by atoms with Crippen LogP contribution in [0.5, 0.6) is 6.01 Å². The summed E-state index contributed by atoms with van der Waals surface area (Å²) in [6, 6.07) is 16.5. The Morgan fingerprint density at radius 3 is 2.37 bits per heavy atom. The van der Waals surface area contributed by atoms with Gasteiger partial charge in [-0.3, -0.25) is 4.79 Å². The van der Waals surface area contributed by atoms with Gasteiger partial charge in [-0.15, -0.1) is 5.10 Å². The van der Waals surface area contributed by atoms with Gasteiger partial charge in [0.05, 0.1) is 17.4 Å². The number of benzene rings is 3. The van der Waals surface area contributed by atoms with Crippen LogP contribution < -0.4 is 10.1 Å². The largest absolute Gasteiger partial charge is 0.460 e. The predicted octanol–water partition coefficient (Wildman–Crippen LogP) is 6.13. The molecule has 1 amide bonds. The second kappa shape index (κ2) is 9.57. The van der Waals surface area contributed by atoms with Crippen LogP contribution in [-0.2, 0) is 6.18 Å². The number of amides is 1. The van der Waals surface area contributed by atoms with Crippen LogP contribution >= 0.6 is 0 Å². The van der Waals surface area contributed by atoms with Crippen molar-refractivity contribution in [2.75, 3.05) is 5.32 Å². The monoisotopic (exact) mass is 484 g/mol. The topological polar surface area (TPSA) is 69.0 Å². The summed E-state index contributed by atoms with van der Waals surface area (Å²) in [5.74, 6) is -0.789. The van der Waals surface area contributed by atoms with E-state index < -0.39 is 23.5 Å². The molecule has 0 aliphatic heterocycles. The SMILES string of the molecule is CC(C)Oc1nc(-c2ccc(C(F)(F)F)cc2)n(-c2cccc(NC(=O)c3cccc(F)c3)c2)n1.